The van der Waals surface area contributed by atoms with Gasteiger partial charge in [0.05, 0.1) is 16.6 Å². The van der Waals surface area contributed by atoms with E-state index in [2.05, 4.69) is 15.9 Å². The van der Waals surface area contributed by atoms with Crippen molar-refractivity contribution in [2.45, 2.75) is 18.8 Å². The van der Waals surface area contributed by atoms with Gasteiger partial charge in [0.15, 0.2) is 0 Å². The summed E-state index contributed by atoms with van der Waals surface area (Å²) in [6.07, 6.45) is 2.22. The van der Waals surface area contributed by atoms with E-state index in [0.29, 0.717) is 11.3 Å². The second-order valence-electron chi connectivity index (χ2n) is 5.35. The maximum Gasteiger partial charge on any atom is 0.267 e. The molecule has 104 valence electrons. The second-order valence-corrected chi connectivity index (χ2v) is 6.21. The van der Waals surface area contributed by atoms with Crippen LogP contribution in [0.3, 0.4) is 0 Å². The molecule has 0 spiro atoms. The molecule has 4 rings (SSSR count). The monoisotopic (exact) mass is 340 g/mol. The lowest BCUT2D eigenvalue weighted by atomic mass is 10.2. The van der Waals surface area contributed by atoms with Crippen molar-refractivity contribution in [2.24, 2.45) is 0 Å². The molecule has 0 atom stereocenters. The molecule has 0 saturated heterocycles. The van der Waals surface area contributed by atoms with E-state index in [9.17, 15) is 4.79 Å². The van der Waals surface area contributed by atoms with Crippen molar-refractivity contribution >= 4 is 26.8 Å². The van der Waals surface area contributed by atoms with Crippen LogP contribution in [0, 0.1) is 0 Å². The number of nitrogens with zero attached hydrogens (tertiary/aromatic N) is 2. The van der Waals surface area contributed by atoms with Gasteiger partial charge in [-0.2, -0.15) is 0 Å². The Morgan fingerprint density at radius 3 is 2.52 bits per heavy atom. The Kier molecular flexibility index (Phi) is 2.93. The average Bonchev–Trinajstić information content (AvgIpc) is 3.32. The summed E-state index contributed by atoms with van der Waals surface area (Å²) in [6, 6.07) is 15.5. The molecule has 1 heterocycles. The number of benzene rings is 2. The molecule has 2 aromatic carbocycles. The number of aromatic nitrogens is 2. The number of rotatable bonds is 2. The van der Waals surface area contributed by atoms with Gasteiger partial charge in [0.25, 0.3) is 5.56 Å². The molecular weight excluding hydrogens is 328 g/mol. The number of halogens is 1. The van der Waals surface area contributed by atoms with Gasteiger partial charge in [0, 0.05) is 10.4 Å². The Balaban J connectivity index is 2.13. The van der Waals surface area contributed by atoms with E-state index in [4.69, 9.17) is 4.98 Å². The molecule has 21 heavy (non-hydrogen) atoms. The summed E-state index contributed by atoms with van der Waals surface area (Å²) >= 11 is 3.48. The highest BCUT2D eigenvalue weighted by atomic mass is 79.9. The third kappa shape index (κ3) is 2.10. The lowest BCUT2D eigenvalue weighted by Gasteiger charge is -2.13. The Morgan fingerprint density at radius 1 is 1.05 bits per heavy atom. The third-order valence-electron chi connectivity index (χ3n) is 3.83. The van der Waals surface area contributed by atoms with Crippen LogP contribution in [-0.4, -0.2) is 9.55 Å². The first-order valence-corrected chi connectivity index (χ1v) is 7.81. The fraction of sp³-hybridized carbons (Fsp3) is 0.176. The summed E-state index contributed by atoms with van der Waals surface area (Å²) in [4.78, 5) is 17.8. The second kappa shape index (κ2) is 4.81. The van der Waals surface area contributed by atoms with E-state index in [1.54, 1.807) is 4.57 Å². The van der Waals surface area contributed by atoms with Crippen molar-refractivity contribution in [3.63, 3.8) is 0 Å². The van der Waals surface area contributed by atoms with Gasteiger partial charge in [-0.25, -0.2) is 4.98 Å². The lowest BCUT2D eigenvalue weighted by molar-refractivity contribution is 0.823. The zero-order valence-corrected chi connectivity index (χ0v) is 12.9. The van der Waals surface area contributed by atoms with Crippen LogP contribution in [0.5, 0.6) is 0 Å². The molecule has 0 aliphatic heterocycles. The topological polar surface area (TPSA) is 34.9 Å². The van der Waals surface area contributed by atoms with Gasteiger partial charge in [-0.05, 0) is 53.0 Å². The fourth-order valence-electron chi connectivity index (χ4n) is 2.65. The molecule has 0 amide bonds. The summed E-state index contributed by atoms with van der Waals surface area (Å²) < 4.78 is 2.56. The molecule has 0 unspecified atom stereocenters. The number of para-hydroxylation sites is 1. The molecule has 3 nitrogen and oxygen atoms in total. The molecule has 1 aliphatic rings. The summed E-state index contributed by atoms with van der Waals surface area (Å²) in [5, 5.41) is 0.644. The highest BCUT2D eigenvalue weighted by Crippen LogP contribution is 2.39. The van der Waals surface area contributed by atoms with E-state index >= 15 is 0 Å². The van der Waals surface area contributed by atoms with Gasteiger partial charge in [-0.3, -0.25) is 9.36 Å². The van der Waals surface area contributed by atoms with Crippen LogP contribution >= 0.6 is 15.9 Å². The van der Waals surface area contributed by atoms with Crippen molar-refractivity contribution in [3.8, 4) is 5.69 Å². The van der Waals surface area contributed by atoms with Crippen molar-refractivity contribution < 1.29 is 0 Å². The first-order valence-electron chi connectivity index (χ1n) is 7.02. The zero-order valence-electron chi connectivity index (χ0n) is 11.3. The SMILES string of the molecule is O=c1c2c(Br)cccc2nc(C2CC2)n1-c1ccccc1. The zero-order chi connectivity index (χ0) is 14.4. The largest absolute Gasteiger partial charge is 0.268 e. The Labute approximate surface area is 130 Å². The van der Waals surface area contributed by atoms with Crippen LogP contribution in [0.4, 0.5) is 0 Å². The van der Waals surface area contributed by atoms with Crippen molar-refractivity contribution in [1.82, 2.24) is 9.55 Å². The minimum Gasteiger partial charge on any atom is -0.268 e. The summed E-state index contributed by atoms with van der Waals surface area (Å²) in [5.74, 6) is 1.29. The maximum atomic E-state index is 13.0. The smallest absolute Gasteiger partial charge is 0.267 e. The Hall–Kier alpha value is -1.94. The normalized spacial score (nSPS) is 14.5. The summed E-state index contributed by atoms with van der Waals surface area (Å²) in [7, 11) is 0. The standard InChI is InChI=1S/C17H13BrN2O/c18-13-7-4-8-14-15(13)17(21)20(12-5-2-1-3-6-12)16(19-14)11-9-10-11/h1-8,11H,9-10H2. The van der Waals surface area contributed by atoms with E-state index < -0.39 is 0 Å². The molecule has 0 radical (unpaired) electrons. The quantitative estimate of drug-likeness (QED) is 0.706. The van der Waals surface area contributed by atoms with Gasteiger partial charge in [-0.1, -0.05) is 24.3 Å². The third-order valence-corrected chi connectivity index (χ3v) is 4.49. The average molecular weight is 341 g/mol. The van der Waals surface area contributed by atoms with Crippen molar-refractivity contribution in [3.05, 3.63) is 69.2 Å². The summed E-state index contributed by atoms with van der Waals surface area (Å²) in [6.45, 7) is 0. The number of hydrogen-bond acceptors (Lipinski definition) is 2. The van der Waals surface area contributed by atoms with E-state index in [0.717, 1.165) is 34.3 Å². The van der Waals surface area contributed by atoms with Crippen LogP contribution in [0.2, 0.25) is 0 Å². The van der Waals surface area contributed by atoms with Crippen LogP contribution in [0.1, 0.15) is 24.6 Å². The molecule has 1 aromatic heterocycles. The Morgan fingerprint density at radius 2 is 1.81 bits per heavy atom. The van der Waals surface area contributed by atoms with Crippen LogP contribution < -0.4 is 5.56 Å². The minimum atomic E-state index is 0.000532. The molecule has 0 N–H and O–H groups in total. The molecule has 4 heteroatoms. The number of fused-ring (bicyclic) bond motifs is 1. The highest BCUT2D eigenvalue weighted by Gasteiger charge is 2.30. The maximum absolute atomic E-state index is 13.0. The minimum absolute atomic E-state index is 0.000532. The first-order chi connectivity index (χ1) is 10.3. The predicted octanol–water partition coefficient (Wildman–Crippen LogP) is 4.03. The van der Waals surface area contributed by atoms with Crippen molar-refractivity contribution in [2.75, 3.05) is 0 Å². The summed E-state index contributed by atoms with van der Waals surface area (Å²) in [5.41, 5.74) is 1.65. The van der Waals surface area contributed by atoms with Crippen LogP contribution in [0.25, 0.3) is 16.6 Å². The molecular formula is C17H13BrN2O. The number of hydrogen-bond donors (Lipinski definition) is 0. The van der Waals surface area contributed by atoms with Crippen LogP contribution in [-0.2, 0) is 0 Å². The van der Waals surface area contributed by atoms with Crippen LogP contribution in [0.15, 0.2) is 57.8 Å². The van der Waals surface area contributed by atoms with Crippen molar-refractivity contribution in [1.29, 1.82) is 0 Å². The lowest BCUT2D eigenvalue weighted by Crippen LogP contribution is -2.23. The van der Waals surface area contributed by atoms with Gasteiger partial charge < -0.3 is 0 Å². The molecule has 0 bridgehead atoms. The van der Waals surface area contributed by atoms with E-state index in [-0.39, 0.29) is 5.56 Å². The molecule has 1 fully saturated rings. The fourth-order valence-corrected chi connectivity index (χ4v) is 3.17. The molecule has 3 aromatic rings. The van der Waals surface area contributed by atoms with Gasteiger partial charge >= 0.3 is 0 Å². The Bertz CT molecular complexity index is 882. The predicted molar refractivity (Wildman–Crippen MR) is 87.0 cm³/mol. The first kappa shape index (κ1) is 12.8. The van der Waals surface area contributed by atoms with Gasteiger partial charge in [-0.15, -0.1) is 0 Å². The van der Waals surface area contributed by atoms with Gasteiger partial charge in [0.2, 0.25) is 0 Å². The van der Waals surface area contributed by atoms with Gasteiger partial charge in [0.1, 0.15) is 5.82 Å². The molecule has 1 aliphatic carbocycles. The van der Waals surface area contributed by atoms with E-state index in [1.165, 1.54) is 0 Å². The molecule has 1 saturated carbocycles. The highest BCUT2D eigenvalue weighted by molar-refractivity contribution is 9.10. The van der Waals surface area contributed by atoms with E-state index in [1.807, 2.05) is 48.5 Å².